The Kier molecular flexibility index (Phi) is 52.3. The highest BCUT2D eigenvalue weighted by molar-refractivity contribution is 5.81. The number of esters is 2. The standard InChI is InChI=1S/C14H22O7.C7H16O4.4C3H4O2/c1-3-13(15)20-11-9-18-7-5-17-6-8-19-10-12-21-14(16)4-2;1-6(2-8)7(3-9,4-10)5-11;4*1-2-3(4)5/h3-4H,1-2,5-12H2;6,8-11H,2-5H2,1H3;4*2H,1H2,(H,4,5). The lowest BCUT2D eigenvalue weighted by molar-refractivity contribution is -0.140. The summed E-state index contributed by atoms with van der Waals surface area (Å²) in [6.07, 6.45) is 5.53. The summed E-state index contributed by atoms with van der Waals surface area (Å²) in [4.78, 5) is 58.4. The van der Waals surface area contributed by atoms with Gasteiger partial charge in [-0.05, 0) is 5.92 Å². The average Bonchev–Trinajstić information content (AvgIpc) is 3.14. The Balaban J connectivity index is -0.000000141. The van der Waals surface area contributed by atoms with E-state index in [1.807, 2.05) is 0 Å². The van der Waals surface area contributed by atoms with E-state index in [0.29, 0.717) is 39.6 Å². The summed E-state index contributed by atoms with van der Waals surface area (Å²) in [5, 5.41) is 65.7. The molecular weight excluding hydrogens is 700 g/mol. The molecule has 52 heavy (non-hydrogen) atoms. The number of hydrogen-bond acceptors (Lipinski definition) is 15. The van der Waals surface area contributed by atoms with Crippen LogP contribution in [0.1, 0.15) is 6.92 Å². The zero-order chi connectivity index (χ0) is 41.8. The van der Waals surface area contributed by atoms with Crippen molar-refractivity contribution in [3.8, 4) is 0 Å². The van der Waals surface area contributed by atoms with E-state index in [1.165, 1.54) is 0 Å². The zero-order valence-electron chi connectivity index (χ0n) is 29.3. The summed E-state index contributed by atoms with van der Waals surface area (Å²) in [5.41, 5.74) is -0.950. The van der Waals surface area contributed by atoms with Crippen molar-refractivity contribution in [2.24, 2.45) is 11.3 Å². The predicted octanol–water partition coefficient (Wildman–Crippen LogP) is 0.101. The van der Waals surface area contributed by atoms with Crippen molar-refractivity contribution in [2.75, 3.05) is 79.3 Å². The molecule has 0 rings (SSSR count). The van der Waals surface area contributed by atoms with Crippen LogP contribution in [0.4, 0.5) is 0 Å². The maximum Gasteiger partial charge on any atom is 0.330 e. The second-order valence-electron chi connectivity index (χ2n) is 8.67. The molecule has 0 aromatic heterocycles. The molecule has 0 saturated heterocycles. The number of carboxylic acids is 4. The van der Waals surface area contributed by atoms with Gasteiger partial charge in [0, 0.05) is 48.5 Å². The van der Waals surface area contributed by atoms with E-state index in [9.17, 15) is 28.8 Å². The minimum absolute atomic E-state index is 0.151. The molecule has 0 amide bonds. The smallest absolute Gasteiger partial charge is 0.330 e. The first-order valence-electron chi connectivity index (χ1n) is 14.6. The maximum atomic E-state index is 10.7. The Bertz CT molecular complexity index is 908. The fraction of sp³-hybridized carbons (Fsp3) is 0.455. The highest BCUT2D eigenvalue weighted by Crippen LogP contribution is 2.25. The molecule has 0 aromatic carbocycles. The molecule has 0 aliphatic rings. The molecule has 300 valence electrons. The van der Waals surface area contributed by atoms with Crippen LogP contribution < -0.4 is 0 Å². The number of aliphatic hydroxyl groups excluding tert-OH is 4. The molecule has 0 fully saturated rings. The first-order valence-corrected chi connectivity index (χ1v) is 14.6. The number of ether oxygens (including phenoxy) is 5. The van der Waals surface area contributed by atoms with Crippen molar-refractivity contribution in [1.82, 2.24) is 0 Å². The Morgan fingerprint density at radius 2 is 0.692 bits per heavy atom. The predicted molar refractivity (Wildman–Crippen MR) is 186 cm³/mol. The summed E-state index contributed by atoms with van der Waals surface area (Å²) in [6, 6.07) is 0. The molecule has 1 unspecified atom stereocenters. The molecule has 0 radical (unpaired) electrons. The summed E-state index contributed by atoms with van der Waals surface area (Å²) in [7, 11) is 0. The molecule has 19 nitrogen and oxygen atoms in total. The van der Waals surface area contributed by atoms with Gasteiger partial charge in [-0.2, -0.15) is 0 Å². The number of carbonyl (C=O) groups is 6. The van der Waals surface area contributed by atoms with Gasteiger partial charge < -0.3 is 64.5 Å². The average molecular weight is 755 g/mol. The van der Waals surface area contributed by atoms with Gasteiger partial charge in [0.1, 0.15) is 13.2 Å². The molecule has 19 heteroatoms. The van der Waals surface area contributed by atoms with Crippen LogP contribution in [-0.2, 0) is 52.5 Å². The summed E-state index contributed by atoms with van der Waals surface area (Å²) >= 11 is 0. The van der Waals surface area contributed by atoms with Gasteiger partial charge in [0.15, 0.2) is 0 Å². The maximum absolute atomic E-state index is 10.7. The molecule has 0 bridgehead atoms. The number of aliphatic carboxylic acids is 4. The third-order valence-corrected chi connectivity index (χ3v) is 4.98. The van der Waals surface area contributed by atoms with E-state index in [1.54, 1.807) is 6.92 Å². The van der Waals surface area contributed by atoms with Crippen molar-refractivity contribution < 1.29 is 93.3 Å². The number of hydrogen-bond donors (Lipinski definition) is 8. The Morgan fingerprint density at radius 3 is 0.827 bits per heavy atom. The minimum atomic E-state index is -0.981. The van der Waals surface area contributed by atoms with Crippen molar-refractivity contribution in [3.63, 3.8) is 0 Å². The van der Waals surface area contributed by atoms with E-state index in [4.69, 9.17) is 64.5 Å². The Morgan fingerprint density at radius 1 is 0.481 bits per heavy atom. The monoisotopic (exact) mass is 754 g/mol. The van der Waals surface area contributed by atoms with Crippen LogP contribution >= 0.6 is 0 Å². The van der Waals surface area contributed by atoms with Crippen LogP contribution in [-0.4, -0.2) is 156 Å². The van der Waals surface area contributed by atoms with Crippen LogP contribution in [0.2, 0.25) is 0 Å². The van der Waals surface area contributed by atoms with Crippen molar-refractivity contribution in [2.45, 2.75) is 6.92 Å². The molecule has 0 heterocycles. The number of aliphatic hydroxyl groups is 4. The molecule has 0 aliphatic carbocycles. The molecule has 0 saturated carbocycles. The van der Waals surface area contributed by atoms with Crippen LogP contribution in [0.5, 0.6) is 0 Å². The highest BCUT2D eigenvalue weighted by Gasteiger charge is 2.34. The summed E-state index contributed by atoms with van der Waals surface area (Å²) in [6.45, 7) is 21.6. The van der Waals surface area contributed by atoms with Gasteiger partial charge in [-0.25, -0.2) is 28.8 Å². The van der Waals surface area contributed by atoms with E-state index in [2.05, 4.69) is 39.5 Å². The Hall–Kier alpha value is -5.02. The normalized spacial score (nSPS) is 9.63. The number of carbonyl (C=O) groups excluding carboxylic acids is 2. The van der Waals surface area contributed by atoms with Gasteiger partial charge in [0.2, 0.25) is 0 Å². The van der Waals surface area contributed by atoms with Gasteiger partial charge in [-0.3, -0.25) is 0 Å². The quantitative estimate of drug-likeness (QED) is 0.0389. The van der Waals surface area contributed by atoms with Gasteiger partial charge in [-0.15, -0.1) is 0 Å². The molecule has 8 N–H and O–H groups in total. The lowest BCUT2D eigenvalue weighted by Crippen LogP contribution is -2.41. The van der Waals surface area contributed by atoms with Crippen LogP contribution in [0.15, 0.2) is 75.9 Å². The number of rotatable bonds is 23. The first-order chi connectivity index (χ1) is 24.4. The first kappa shape index (κ1) is 59.1. The summed E-state index contributed by atoms with van der Waals surface area (Å²) < 4.78 is 25.0. The molecule has 1 atom stereocenters. The van der Waals surface area contributed by atoms with Gasteiger partial charge in [0.05, 0.1) is 59.5 Å². The lowest BCUT2D eigenvalue weighted by Gasteiger charge is -2.32. The van der Waals surface area contributed by atoms with Crippen LogP contribution in [0.25, 0.3) is 0 Å². The minimum Gasteiger partial charge on any atom is -0.478 e. The van der Waals surface area contributed by atoms with Crippen molar-refractivity contribution >= 4 is 35.8 Å². The summed E-state index contributed by atoms with van der Waals surface area (Å²) in [5.74, 6) is -5.16. The van der Waals surface area contributed by atoms with Crippen LogP contribution in [0.3, 0.4) is 0 Å². The molecule has 0 aromatic rings. The SMILES string of the molecule is C=CC(=O)O.C=CC(=O)O.C=CC(=O)O.C=CC(=O)O.C=CC(=O)OCCOCCOCCOCCOC(=O)C=C.CC(CO)C(CO)(CO)CO. The second kappa shape index (κ2) is 46.0. The van der Waals surface area contributed by atoms with Crippen LogP contribution in [0, 0.1) is 11.3 Å². The van der Waals surface area contributed by atoms with E-state index < -0.39 is 41.2 Å². The molecule has 0 aliphatic heterocycles. The fourth-order valence-corrected chi connectivity index (χ4v) is 1.87. The van der Waals surface area contributed by atoms with Gasteiger partial charge in [-0.1, -0.05) is 46.4 Å². The van der Waals surface area contributed by atoms with Gasteiger partial charge >= 0.3 is 35.8 Å². The van der Waals surface area contributed by atoms with E-state index in [0.717, 1.165) is 36.5 Å². The zero-order valence-corrected chi connectivity index (χ0v) is 29.3. The Labute approximate surface area is 302 Å². The topological polar surface area (TPSA) is 310 Å². The second-order valence-corrected chi connectivity index (χ2v) is 8.67. The largest absolute Gasteiger partial charge is 0.478 e. The molecular formula is C33H54O19. The fourth-order valence-electron chi connectivity index (χ4n) is 1.87. The highest BCUT2D eigenvalue weighted by atomic mass is 16.6. The van der Waals surface area contributed by atoms with Crippen molar-refractivity contribution in [1.29, 1.82) is 0 Å². The number of carboxylic acid groups (broad SMARTS) is 4. The third kappa shape index (κ3) is 54.4. The van der Waals surface area contributed by atoms with E-state index >= 15 is 0 Å². The van der Waals surface area contributed by atoms with Gasteiger partial charge in [0.25, 0.3) is 0 Å². The van der Waals surface area contributed by atoms with E-state index in [-0.39, 0.29) is 45.6 Å². The molecule has 0 spiro atoms. The van der Waals surface area contributed by atoms with Crippen molar-refractivity contribution in [3.05, 3.63) is 75.9 Å². The lowest BCUT2D eigenvalue weighted by atomic mass is 9.79. The third-order valence-electron chi connectivity index (χ3n) is 4.98.